The van der Waals surface area contributed by atoms with Gasteiger partial charge in [-0.1, -0.05) is 54.6 Å². The van der Waals surface area contributed by atoms with E-state index in [1.165, 1.54) is 0 Å². The average molecular weight is 485 g/mol. The molecule has 0 saturated heterocycles. The lowest BCUT2D eigenvalue weighted by molar-refractivity contribution is -0.142. The first-order chi connectivity index (χ1) is 17.4. The maximum atomic E-state index is 13.5. The minimum atomic E-state index is -0.549. The highest BCUT2D eigenvalue weighted by molar-refractivity contribution is 6.04. The minimum absolute atomic E-state index is 0.192. The summed E-state index contributed by atoms with van der Waals surface area (Å²) in [5.74, 6) is -1.07. The van der Waals surface area contributed by atoms with Gasteiger partial charge in [0.2, 0.25) is 0 Å². The van der Waals surface area contributed by atoms with Crippen molar-refractivity contribution in [3.05, 3.63) is 107 Å². The Hall–Kier alpha value is -4.06. The second-order valence-corrected chi connectivity index (χ2v) is 8.73. The zero-order chi connectivity index (χ0) is 25.7. The van der Waals surface area contributed by atoms with Gasteiger partial charge in [-0.15, -0.1) is 0 Å². The maximum absolute atomic E-state index is 13.5. The Morgan fingerprint density at radius 1 is 0.778 bits per heavy atom. The number of benzene rings is 3. The molecule has 6 nitrogen and oxygen atoms in total. The van der Waals surface area contributed by atoms with Crippen molar-refractivity contribution in [1.29, 1.82) is 0 Å². The van der Waals surface area contributed by atoms with Crippen molar-refractivity contribution in [2.75, 3.05) is 29.6 Å². The molecule has 6 heteroatoms. The fourth-order valence-corrected chi connectivity index (χ4v) is 4.58. The molecule has 4 rings (SSSR count). The molecule has 0 N–H and O–H groups in total. The summed E-state index contributed by atoms with van der Waals surface area (Å²) in [5.41, 5.74) is 5.30. The summed E-state index contributed by atoms with van der Waals surface area (Å²) < 4.78 is 10.9. The molecule has 186 valence electrons. The number of hydrogen-bond acceptors (Lipinski definition) is 6. The van der Waals surface area contributed by atoms with Crippen molar-refractivity contribution >= 4 is 23.3 Å². The van der Waals surface area contributed by atoms with Gasteiger partial charge in [0.1, 0.15) is 11.9 Å². The summed E-state index contributed by atoms with van der Waals surface area (Å²) in [7, 11) is 0. The van der Waals surface area contributed by atoms with Gasteiger partial charge in [0.25, 0.3) is 0 Å². The van der Waals surface area contributed by atoms with E-state index in [2.05, 4.69) is 11.0 Å². The van der Waals surface area contributed by atoms with Crippen LogP contribution in [-0.2, 0) is 19.1 Å². The summed E-state index contributed by atoms with van der Waals surface area (Å²) in [6, 6.07) is 26.1. The summed E-state index contributed by atoms with van der Waals surface area (Å²) in [5, 5.41) is 0. The van der Waals surface area contributed by atoms with Gasteiger partial charge in [-0.3, -0.25) is 0 Å². The maximum Gasteiger partial charge on any atom is 0.355 e. The smallest absolute Gasteiger partial charge is 0.355 e. The molecule has 0 spiro atoms. The van der Waals surface area contributed by atoms with Crippen LogP contribution in [0.25, 0.3) is 0 Å². The third-order valence-electron chi connectivity index (χ3n) is 6.10. The second kappa shape index (κ2) is 11.1. The van der Waals surface area contributed by atoms with Gasteiger partial charge in [-0.25, -0.2) is 9.59 Å². The monoisotopic (exact) mass is 484 g/mol. The summed E-state index contributed by atoms with van der Waals surface area (Å²) in [6.45, 7) is 8.15. The molecule has 0 amide bonds. The normalized spacial score (nSPS) is 15.6. The lowest BCUT2D eigenvalue weighted by Crippen LogP contribution is -2.50. The molecular formula is C30H32N2O4. The van der Waals surface area contributed by atoms with Crippen LogP contribution in [-0.4, -0.2) is 31.7 Å². The van der Waals surface area contributed by atoms with Crippen molar-refractivity contribution in [3.8, 4) is 0 Å². The molecule has 0 fully saturated rings. The van der Waals surface area contributed by atoms with Gasteiger partial charge < -0.3 is 19.3 Å². The van der Waals surface area contributed by atoms with Crippen LogP contribution in [0, 0.1) is 13.8 Å². The van der Waals surface area contributed by atoms with E-state index < -0.39 is 18.1 Å². The van der Waals surface area contributed by atoms with E-state index in [4.69, 9.17) is 9.47 Å². The van der Waals surface area contributed by atoms with Crippen LogP contribution in [0.1, 0.15) is 36.7 Å². The largest absolute Gasteiger partial charge is 0.463 e. The molecule has 1 atom stereocenters. The van der Waals surface area contributed by atoms with E-state index in [9.17, 15) is 9.59 Å². The Labute approximate surface area is 212 Å². The SMILES string of the molecule is CCOC(=O)C1=C(C(=O)OCC)N(c2cccc(C)c2)C(c2ccccc2)N(c2cccc(C)c2)C1. The fraction of sp³-hybridized carbons (Fsp3) is 0.267. The van der Waals surface area contributed by atoms with E-state index in [1.807, 2.05) is 91.5 Å². The minimum Gasteiger partial charge on any atom is -0.463 e. The number of carbonyl (C=O) groups excluding carboxylic acids is 2. The molecule has 0 saturated carbocycles. The highest BCUT2D eigenvalue weighted by Gasteiger charge is 2.42. The van der Waals surface area contributed by atoms with Gasteiger partial charge in [-0.2, -0.15) is 0 Å². The van der Waals surface area contributed by atoms with E-state index in [-0.39, 0.29) is 31.0 Å². The van der Waals surface area contributed by atoms with E-state index in [0.717, 1.165) is 28.1 Å². The Kier molecular flexibility index (Phi) is 7.74. The number of nitrogens with zero attached hydrogens (tertiary/aromatic N) is 2. The van der Waals surface area contributed by atoms with Crippen LogP contribution in [0.15, 0.2) is 90.1 Å². The van der Waals surface area contributed by atoms with Crippen molar-refractivity contribution in [1.82, 2.24) is 0 Å². The average Bonchev–Trinajstić information content (AvgIpc) is 2.88. The predicted octanol–water partition coefficient (Wildman–Crippen LogP) is 5.71. The zero-order valence-electron chi connectivity index (χ0n) is 21.2. The first-order valence-corrected chi connectivity index (χ1v) is 12.3. The zero-order valence-corrected chi connectivity index (χ0v) is 21.2. The molecule has 1 aliphatic heterocycles. The number of hydrogen-bond donors (Lipinski definition) is 0. The third-order valence-corrected chi connectivity index (χ3v) is 6.10. The molecule has 0 aromatic heterocycles. The molecule has 3 aromatic carbocycles. The van der Waals surface area contributed by atoms with Crippen LogP contribution in [0.3, 0.4) is 0 Å². The van der Waals surface area contributed by atoms with Gasteiger partial charge in [0.15, 0.2) is 0 Å². The molecule has 0 radical (unpaired) electrons. The lowest BCUT2D eigenvalue weighted by Gasteiger charge is -2.47. The van der Waals surface area contributed by atoms with Crippen LogP contribution in [0.2, 0.25) is 0 Å². The number of esters is 2. The van der Waals surface area contributed by atoms with Crippen molar-refractivity contribution in [2.24, 2.45) is 0 Å². The van der Waals surface area contributed by atoms with Crippen LogP contribution in [0.5, 0.6) is 0 Å². The topological polar surface area (TPSA) is 59.1 Å². The van der Waals surface area contributed by atoms with E-state index >= 15 is 0 Å². The molecule has 3 aromatic rings. The van der Waals surface area contributed by atoms with Crippen molar-refractivity contribution < 1.29 is 19.1 Å². The highest BCUT2D eigenvalue weighted by Crippen LogP contribution is 2.42. The molecule has 1 unspecified atom stereocenters. The summed E-state index contributed by atoms with van der Waals surface area (Å²) in [6.07, 6.45) is -0.410. The Morgan fingerprint density at radius 3 is 1.97 bits per heavy atom. The Bertz CT molecular complexity index is 1270. The van der Waals surface area contributed by atoms with E-state index in [0.29, 0.717) is 0 Å². The Morgan fingerprint density at radius 2 is 1.36 bits per heavy atom. The number of anilines is 2. The molecular weight excluding hydrogens is 452 g/mol. The molecule has 1 heterocycles. The van der Waals surface area contributed by atoms with Crippen LogP contribution < -0.4 is 9.80 Å². The summed E-state index contributed by atoms with van der Waals surface area (Å²) >= 11 is 0. The van der Waals surface area contributed by atoms with E-state index in [1.54, 1.807) is 13.8 Å². The van der Waals surface area contributed by atoms with Gasteiger partial charge in [0.05, 0.1) is 25.3 Å². The van der Waals surface area contributed by atoms with Crippen LogP contribution >= 0.6 is 0 Å². The predicted molar refractivity (Wildman–Crippen MR) is 142 cm³/mol. The standard InChI is InChI=1S/C30H32N2O4/c1-5-35-29(33)26-20-31(24-16-10-12-21(3)18-24)28(23-14-8-7-9-15-23)32(27(26)30(34)36-6-2)25-17-11-13-22(4)19-25/h7-19,28H,5-6,20H2,1-4H3. The Balaban J connectivity index is 2.05. The van der Waals surface area contributed by atoms with Crippen molar-refractivity contribution in [3.63, 3.8) is 0 Å². The number of aryl methyl sites for hydroxylation is 2. The van der Waals surface area contributed by atoms with Gasteiger partial charge >= 0.3 is 11.9 Å². The first-order valence-electron chi connectivity index (χ1n) is 12.3. The molecule has 0 aliphatic carbocycles. The lowest BCUT2D eigenvalue weighted by atomic mass is 9.99. The van der Waals surface area contributed by atoms with Gasteiger partial charge in [-0.05, 0) is 68.7 Å². The first kappa shape index (κ1) is 25.0. The number of rotatable bonds is 7. The molecule has 0 bridgehead atoms. The molecule has 36 heavy (non-hydrogen) atoms. The quantitative estimate of drug-likeness (QED) is 0.401. The highest BCUT2D eigenvalue weighted by atomic mass is 16.5. The fourth-order valence-electron chi connectivity index (χ4n) is 4.58. The van der Waals surface area contributed by atoms with Crippen LogP contribution in [0.4, 0.5) is 11.4 Å². The summed E-state index contributed by atoms with van der Waals surface area (Å²) in [4.78, 5) is 30.9. The van der Waals surface area contributed by atoms with Crippen molar-refractivity contribution in [2.45, 2.75) is 33.9 Å². The number of carbonyl (C=O) groups is 2. The number of ether oxygens (including phenoxy) is 2. The van der Waals surface area contributed by atoms with Gasteiger partial charge in [0, 0.05) is 11.4 Å². The molecule has 1 aliphatic rings. The second-order valence-electron chi connectivity index (χ2n) is 8.73. The third kappa shape index (κ3) is 5.13.